The summed E-state index contributed by atoms with van der Waals surface area (Å²) in [5.41, 5.74) is 0.550. The number of aromatic nitrogens is 2. The third-order valence-electron chi connectivity index (χ3n) is 2.79. The van der Waals surface area contributed by atoms with Crippen LogP contribution in [0.15, 0.2) is 12.3 Å². The second-order valence-electron chi connectivity index (χ2n) is 3.80. The van der Waals surface area contributed by atoms with Crippen LogP contribution in [0.2, 0.25) is 0 Å². The van der Waals surface area contributed by atoms with Gasteiger partial charge in [0.25, 0.3) is 0 Å². The van der Waals surface area contributed by atoms with Crippen LogP contribution in [-0.4, -0.2) is 47.8 Å². The van der Waals surface area contributed by atoms with Crippen molar-refractivity contribution in [1.82, 2.24) is 15.1 Å². The molecule has 0 atom stereocenters. The third-order valence-corrected chi connectivity index (χ3v) is 2.79. The SMILES string of the molecule is N#CCN1CCN(c2nnccc2C#N)CC1. The molecule has 0 unspecified atom stereocenters. The molecule has 17 heavy (non-hydrogen) atoms. The Morgan fingerprint density at radius 1 is 1.24 bits per heavy atom. The maximum absolute atomic E-state index is 8.99. The first kappa shape index (κ1) is 11.3. The van der Waals surface area contributed by atoms with E-state index in [1.165, 1.54) is 6.20 Å². The molecule has 1 aliphatic rings. The lowest BCUT2D eigenvalue weighted by atomic mass is 10.2. The molecule has 1 aromatic rings. The Labute approximate surface area is 99.7 Å². The highest BCUT2D eigenvalue weighted by Crippen LogP contribution is 2.16. The van der Waals surface area contributed by atoms with E-state index in [1.54, 1.807) is 6.07 Å². The maximum atomic E-state index is 8.99. The summed E-state index contributed by atoms with van der Waals surface area (Å²) in [6, 6.07) is 5.93. The Bertz CT molecular complexity index is 464. The summed E-state index contributed by atoms with van der Waals surface area (Å²) < 4.78 is 0. The number of hydrogen-bond donors (Lipinski definition) is 0. The molecule has 1 fully saturated rings. The van der Waals surface area contributed by atoms with Crippen LogP contribution in [0.1, 0.15) is 5.56 Å². The van der Waals surface area contributed by atoms with E-state index in [2.05, 4.69) is 27.2 Å². The van der Waals surface area contributed by atoms with Crippen LogP contribution < -0.4 is 4.90 Å². The Hall–Kier alpha value is -2.18. The predicted molar refractivity (Wildman–Crippen MR) is 61.0 cm³/mol. The Morgan fingerprint density at radius 2 is 2.00 bits per heavy atom. The van der Waals surface area contributed by atoms with E-state index in [1.807, 2.05) is 4.90 Å². The van der Waals surface area contributed by atoms with Gasteiger partial charge in [0.05, 0.1) is 24.4 Å². The highest BCUT2D eigenvalue weighted by atomic mass is 15.3. The summed E-state index contributed by atoms with van der Waals surface area (Å²) >= 11 is 0. The van der Waals surface area contributed by atoms with Crippen molar-refractivity contribution in [1.29, 1.82) is 10.5 Å². The van der Waals surface area contributed by atoms with Crippen LogP contribution in [0.5, 0.6) is 0 Å². The van der Waals surface area contributed by atoms with Gasteiger partial charge >= 0.3 is 0 Å². The number of rotatable bonds is 2. The summed E-state index contributed by atoms with van der Waals surface area (Å²) in [6.07, 6.45) is 1.52. The van der Waals surface area contributed by atoms with Crippen molar-refractivity contribution < 1.29 is 0 Å². The van der Waals surface area contributed by atoms with Gasteiger partial charge in [-0.1, -0.05) is 0 Å². The molecule has 1 aromatic heterocycles. The van der Waals surface area contributed by atoms with E-state index in [0.717, 1.165) is 26.2 Å². The van der Waals surface area contributed by atoms with E-state index in [-0.39, 0.29) is 0 Å². The van der Waals surface area contributed by atoms with Crippen molar-refractivity contribution in [3.63, 3.8) is 0 Å². The first-order chi connectivity index (χ1) is 8.35. The summed E-state index contributed by atoms with van der Waals surface area (Å²) in [5.74, 6) is 0.645. The van der Waals surface area contributed by atoms with Gasteiger partial charge in [0, 0.05) is 26.2 Å². The first-order valence-corrected chi connectivity index (χ1v) is 5.41. The summed E-state index contributed by atoms with van der Waals surface area (Å²) in [6.45, 7) is 3.63. The zero-order valence-electron chi connectivity index (χ0n) is 9.37. The zero-order chi connectivity index (χ0) is 12.1. The summed E-state index contributed by atoms with van der Waals surface area (Å²) in [4.78, 5) is 4.12. The second kappa shape index (κ2) is 5.24. The third kappa shape index (κ3) is 2.49. The number of piperazine rings is 1. The molecule has 0 saturated carbocycles. The molecule has 0 amide bonds. The minimum atomic E-state index is 0.458. The van der Waals surface area contributed by atoms with Crippen molar-refractivity contribution in [3.8, 4) is 12.1 Å². The average molecular weight is 228 g/mol. The lowest BCUT2D eigenvalue weighted by molar-refractivity contribution is 0.286. The van der Waals surface area contributed by atoms with Gasteiger partial charge < -0.3 is 4.90 Å². The van der Waals surface area contributed by atoms with E-state index in [9.17, 15) is 0 Å². The van der Waals surface area contributed by atoms with Crippen LogP contribution >= 0.6 is 0 Å². The standard InChI is InChI=1S/C11H12N6/c12-2-4-16-5-7-17(8-6-16)11-10(9-13)1-3-14-15-11/h1,3H,4-8H2. The smallest absolute Gasteiger partial charge is 0.169 e. The molecule has 0 aliphatic carbocycles. The van der Waals surface area contributed by atoms with Gasteiger partial charge in [-0.2, -0.15) is 15.6 Å². The van der Waals surface area contributed by atoms with Gasteiger partial charge in [0.1, 0.15) is 6.07 Å². The maximum Gasteiger partial charge on any atom is 0.169 e. The van der Waals surface area contributed by atoms with E-state index >= 15 is 0 Å². The van der Waals surface area contributed by atoms with Crippen LogP contribution in [0.4, 0.5) is 5.82 Å². The van der Waals surface area contributed by atoms with Crippen LogP contribution in [0.25, 0.3) is 0 Å². The van der Waals surface area contributed by atoms with Gasteiger partial charge in [0.2, 0.25) is 0 Å². The molecule has 86 valence electrons. The molecule has 0 radical (unpaired) electrons. The van der Waals surface area contributed by atoms with Crippen LogP contribution in [-0.2, 0) is 0 Å². The van der Waals surface area contributed by atoms with E-state index in [4.69, 9.17) is 10.5 Å². The molecular weight excluding hydrogens is 216 g/mol. The van der Waals surface area contributed by atoms with E-state index < -0.39 is 0 Å². The molecule has 0 N–H and O–H groups in total. The summed E-state index contributed by atoms with van der Waals surface area (Å²) in [7, 11) is 0. The Balaban J connectivity index is 2.06. The van der Waals surface area contributed by atoms with Crippen molar-refractivity contribution >= 4 is 5.82 Å². The van der Waals surface area contributed by atoms with Gasteiger partial charge in [-0.15, -0.1) is 5.10 Å². The Kier molecular flexibility index (Phi) is 3.49. The van der Waals surface area contributed by atoms with Gasteiger partial charge in [-0.05, 0) is 6.07 Å². The number of anilines is 1. The first-order valence-electron chi connectivity index (χ1n) is 5.41. The van der Waals surface area contributed by atoms with Crippen LogP contribution in [0.3, 0.4) is 0 Å². The molecule has 2 rings (SSSR count). The van der Waals surface area contributed by atoms with Crippen molar-refractivity contribution in [2.45, 2.75) is 0 Å². The molecule has 6 nitrogen and oxygen atoms in total. The van der Waals surface area contributed by atoms with Gasteiger partial charge in [-0.3, -0.25) is 4.90 Å². The molecule has 0 spiro atoms. The van der Waals surface area contributed by atoms with E-state index in [0.29, 0.717) is 17.9 Å². The topological polar surface area (TPSA) is 79.8 Å². The van der Waals surface area contributed by atoms with Crippen LogP contribution in [0, 0.1) is 22.7 Å². The van der Waals surface area contributed by atoms with Crippen molar-refractivity contribution in [2.24, 2.45) is 0 Å². The highest BCUT2D eigenvalue weighted by Gasteiger charge is 2.19. The lowest BCUT2D eigenvalue weighted by Gasteiger charge is -2.34. The minimum Gasteiger partial charge on any atom is -0.351 e. The lowest BCUT2D eigenvalue weighted by Crippen LogP contribution is -2.47. The fraction of sp³-hybridized carbons (Fsp3) is 0.455. The molecule has 6 heteroatoms. The fourth-order valence-corrected chi connectivity index (χ4v) is 1.86. The molecule has 2 heterocycles. The second-order valence-corrected chi connectivity index (χ2v) is 3.80. The normalized spacial score (nSPS) is 16.2. The number of hydrogen-bond acceptors (Lipinski definition) is 6. The van der Waals surface area contributed by atoms with Gasteiger partial charge in [0.15, 0.2) is 5.82 Å². The zero-order valence-corrected chi connectivity index (χ0v) is 9.37. The monoisotopic (exact) mass is 228 g/mol. The van der Waals surface area contributed by atoms with Crippen molar-refractivity contribution in [3.05, 3.63) is 17.8 Å². The quantitative estimate of drug-likeness (QED) is 0.662. The highest BCUT2D eigenvalue weighted by molar-refractivity contribution is 5.52. The number of nitrogens with zero attached hydrogens (tertiary/aromatic N) is 6. The summed E-state index contributed by atoms with van der Waals surface area (Å²) in [5, 5.41) is 25.4. The minimum absolute atomic E-state index is 0.458. The molecule has 0 bridgehead atoms. The van der Waals surface area contributed by atoms with Crippen molar-refractivity contribution in [2.75, 3.05) is 37.6 Å². The predicted octanol–water partition coefficient (Wildman–Crippen LogP) is -0.00614. The fourth-order valence-electron chi connectivity index (χ4n) is 1.86. The molecule has 1 aliphatic heterocycles. The number of nitriles is 2. The largest absolute Gasteiger partial charge is 0.351 e. The molecule has 0 aromatic carbocycles. The molecular formula is C11H12N6. The average Bonchev–Trinajstić information content (AvgIpc) is 2.40. The van der Waals surface area contributed by atoms with Gasteiger partial charge in [-0.25, -0.2) is 0 Å². The molecule has 1 saturated heterocycles. The Morgan fingerprint density at radius 3 is 2.65 bits per heavy atom.